The van der Waals surface area contributed by atoms with E-state index in [1.165, 1.54) is 12.1 Å². The van der Waals surface area contributed by atoms with E-state index in [-0.39, 0.29) is 24.3 Å². The van der Waals surface area contributed by atoms with Crippen LogP contribution >= 0.6 is 12.4 Å². The van der Waals surface area contributed by atoms with Crippen molar-refractivity contribution in [1.29, 1.82) is 0 Å². The number of morpholine rings is 1. The van der Waals surface area contributed by atoms with Crippen LogP contribution in [0.3, 0.4) is 0 Å². The Kier molecular flexibility index (Phi) is 4.52. The Bertz CT molecular complexity index is 523. The summed E-state index contributed by atoms with van der Waals surface area (Å²) in [7, 11) is 0. The van der Waals surface area contributed by atoms with Crippen LogP contribution in [0, 0.1) is 5.82 Å². The first-order valence-electron chi connectivity index (χ1n) is 5.95. The third-order valence-corrected chi connectivity index (χ3v) is 2.98. The second-order valence-electron chi connectivity index (χ2n) is 4.25. The van der Waals surface area contributed by atoms with Crippen LogP contribution in [-0.4, -0.2) is 29.2 Å². The van der Waals surface area contributed by atoms with Crippen LogP contribution < -0.4 is 5.32 Å². The number of nitrogens with zero attached hydrogens (tertiary/aromatic N) is 2. The lowest BCUT2D eigenvalue weighted by Crippen LogP contribution is -2.33. The van der Waals surface area contributed by atoms with Crippen molar-refractivity contribution in [2.24, 2.45) is 0 Å². The van der Waals surface area contributed by atoms with Crippen molar-refractivity contribution in [2.45, 2.75) is 6.10 Å². The lowest BCUT2D eigenvalue weighted by Gasteiger charge is -2.21. The monoisotopic (exact) mass is 283 g/mol. The van der Waals surface area contributed by atoms with Gasteiger partial charge in [-0.25, -0.2) is 9.37 Å². The van der Waals surface area contributed by atoms with Crippen molar-refractivity contribution in [2.75, 3.05) is 19.7 Å². The fourth-order valence-corrected chi connectivity index (χ4v) is 2.01. The minimum absolute atomic E-state index is 0. The lowest BCUT2D eigenvalue weighted by molar-refractivity contribution is 0.0252. The molecule has 6 heteroatoms. The smallest absolute Gasteiger partial charge is 0.123 e. The third-order valence-electron chi connectivity index (χ3n) is 2.98. The summed E-state index contributed by atoms with van der Waals surface area (Å²) in [5.41, 5.74) is 1.78. The topological polar surface area (TPSA) is 39.1 Å². The van der Waals surface area contributed by atoms with Gasteiger partial charge in [0.05, 0.1) is 18.6 Å². The summed E-state index contributed by atoms with van der Waals surface area (Å²) in [6.45, 7) is 2.36. The summed E-state index contributed by atoms with van der Waals surface area (Å²) in [4.78, 5) is 4.34. The van der Waals surface area contributed by atoms with E-state index in [0.29, 0.717) is 6.61 Å². The number of hydrogen-bond donors (Lipinski definition) is 1. The van der Waals surface area contributed by atoms with E-state index in [9.17, 15) is 4.39 Å². The molecule has 0 spiro atoms. The molecule has 2 aromatic rings. The quantitative estimate of drug-likeness (QED) is 0.917. The van der Waals surface area contributed by atoms with Crippen molar-refractivity contribution in [3.8, 4) is 5.69 Å². The molecule has 1 aromatic heterocycles. The maximum atomic E-state index is 12.8. The number of benzene rings is 1. The molecule has 1 N–H and O–H groups in total. The molecule has 1 aliphatic heterocycles. The van der Waals surface area contributed by atoms with E-state index < -0.39 is 0 Å². The maximum Gasteiger partial charge on any atom is 0.123 e. The fraction of sp³-hybridized carbons (Fsp3) is 0.308. The van der Waals surface area contributed by atoms with Crippen LogP contribution in [0.1, 0.15) is 11.8 Å². The van der Waals surface area contributed by atoms with Gasteiger partial charge in [0.1, 0.15) is 11.9 Å². The number of halogens is 2. The van der Waals surface area contributed by atoms with E-state index in [1.807, 2.05) is 10.8 Å². The molecular weight excluding hydrogens is 269 g/mol. The van der Waals surface area contributed by atoms with Crippen molar-refractivity contribution in [3.63, 3.8) is 0 Å². The van der Waals surface area contributed by atoms with Crippen molar-refractivity contribution >= 4 is 12.4 Å². The van der Waals surface area contributed by atoms with Gasteiger partial charge in [-0.2, -0.15) is 0 Å². The van der Waals surface area contributed by atoms with E-state index in [0.717, 1.165) is 24.5 Å². The van der Waals surface area contributed by atoms with Gasteiger partial charge >= 0.3 is 0 Å². The van der Waals surface area contributed by atoms with Gasteiger partial charge < -0.3 is 14.6 Å². The average Bonchev–Trinajstić information content (AvgIpc) is 2.90. The zero-order valence-corrected chi connectivity index (χ0v) is 11.1. The molecule has 0 radical (unpaired) electrons. The van der Waals surface area contributed by atoms with E-state index in [4.69, 9.17) is 4.74 Å². The molecule has 1 saturated heterocycles. The Hall–Kier alpha value is -1.43. The van der Waals surface area contributed by atoms with Crippen LogP contribution in [0.25, 0.3) is 5.69 Å². The summed E-state index contributed by atoms with van der Waals surface area (Å²) in [5, 5.41) is 3.27. The van der Waals surface area contributed by atoms with Crippen LogP contribution in [0.15, 0.2) is 36.8 Å². The van der Waals surface area contributed by atoms with Gasteiger partial charge in [0, 0.05) is 25.0 Å². The molecule has 1 fully saturated rings. The lowest BCUT2D eigenvalue weighted by atomic mass is 10.2. The Morgan fingerprint density at radius 1 is 1.32 bits per heavy atom. The van der Waals surface area contributed by atoms with Crippen molar-refractivity contribution < 1.29 is 9.13 Å². The largest absolute Gasteiger partial charge is 0.369 e. The summed E-state index contributed by atoms with van der Waals surface area (Å²) < 4.78 is 20.3. The Morgan fingerprint density at radius 2 is 2.11 bits per heavy atom. The minimum Gasteiger partial charge on any atom is -0.369 e. The summed E-state index contributed by atoms with van der Waals surface area (Å²) >= 11 is 0. The molecule has 4 nitrogen and oxygen atoms in total. The predicted molar refractivity (Wildman–Crippen MR) is 72.3 cm³/mol. The molecule has 3 rings (SSSR count). The maximum absolute atomic E-state index is 12.8. The number of imidazole rings is 1. The van der Waals surface area contributed by atoms with Gasteiger partial charge in [-0.1, -0.05) is 0 Å². The van der Waals surface area contributed by atoms with Gasteiger partial charge in [0.2, 0.25) is 0 Å². The van der Waals surface area contributed by atoms with Crippen molar-refractivity contribution in [3.05, 3.63) is 48.3 Å². The number of aromatic nitrogens is 2. The second-order valence-corrected chi connectivity index (χ2v) is 4.25. The van der Waals surface area contributed by atoms with E-state index in [1.54, 1.807) is 18.5 Å². The standard InChI is InChI=1S/C13H14FN3O.ClH/c14-10-1-3-11(4-2-10)17-8-12(16-9-17)13-7-15-5-6-18-13;/h1-4,8-9,13,15H,5-7H2;1H. The zero-order valence-electron chi connectivity index (χ0n) is 10.3. The highest BCUT2D eigenvalue weighted by Gasteiger charge is 2.18. The normalized spacial score (nSPS) is 18.9. The molecule has 1 aliphatic rings. The first-order chi connectivity index (χ1) is 8.83. The Balaban J connectivity index is 0.00000133. The number of hydrogen-bond acceptors (Lipinski definition) is 3. The summed E-state index contributed by atoms with van der Waals surface area (Å²) in [5.74, 6) is -0.237. The van der Waals surface area contributed by atoms with Gasteiger partial charge in [0.15, 0.2) is 0 Å². The predicted octanol–water partition coefficient (Wildman–Crippen LogP) is 2.09. The van der Waals surface area contributed by atoms with E-state index >= 15 is 0 Å². The van der Waals surface area contributed by atoms with Crippen LogP contribution in [-0.2, 0) is 4.74 Å². The van der Waals surface area contributed by atoms with Gasteiger partial charge in [-0.05, 0) is 24.3 Å². The summed E-state index contributed by atoms with van der Waals surface area (Å²) in [6, 6.07) is 6.32. The molecule has 0 saturated carbocycles. The molecule has 2 heterocycles. The molecule has 1 atom stereocenters. The SMILES string of the molecule is Cl.Fc1ccc(-n2cnc(C3CNCCO3)c2)cc1. The molecular formula is C13H15ClFN3O. The number of nitrogens with one attached hydrogen (secondary N) is 1. The van der Waals surface area contributed by atoms with Crippen LogP contribution in [0.5, 0.6) is 0 Å². The molecule has 102 valence electrons. The number of ether oxygens (including phenoxy) is 1. The Morgan fingerprint density at radius 3 is 2.79 bits per heavy atom. The molecule has 0 amide bonds. The first-order valence-corrected chi connectivity index (χ1v) is 5.95. The minimum atomic E-state index is -0.237. The van der Waals surface area contributed by atoms with E-state index in [2.05, 4.69) is 10.3 Å². The highest BCUT2D eigenvalue weighted by molar-refractivity contribution is 5.85. The molecule has 0 bridgehead atoms. The van der Waals surface area contributed by atoms with Gasteiger partial charge in [-0.3, -0.25) is 0 Å². The highest BCUT2D eigenvalue weighted by atomic mass is 35.5. The molecule has 0 aliphatic carbocycles. The van der Waals surface area contributed by atoms with Crippen molar-refractivity contribution in [1.82, 2.24) is 14.9 Å². The third kappa shape index (κ3) is 3.12. The van der Waals surface area contributed by atoms with Crippen LogP contribution in [0.4, 0.5) is 4.39 Å². The Labute approximate surface area is 117 Å². The average molecular weight is 284 g/mol. The highest BCUT2D eigenvalue weighted by Crippen LogP contribution is 2.18. The number of rotatable bonds is 2. The molecule has 1 unspecified atom stereocenters. The van der Waals surface area contributed by atoms with Gasteiger partial charge in [-0.15, -0.1) is 12.4 Å². The first kappa shape index (κ1) is 14.0. The zero-order chi connectivity index (χ0) is 12.4. The fourth-order valence-electron chi connectivity index (χ4n) is 2.01. The molecule has 19 heavy (non-hydrogen) atoms. The van der Waals surface area contributed by atoms with Gasteiger partial charge in [0.25, 0.3) is 0 Å². The molecule has 1 aromatic carbocycles. The van der Waals surface area contributed by atoms with Crippen LogP contribution in [0.2, 0.25) is 0 Å². The second kappa shape index (κ2) is 6.14. The summed E-state index contributed by atoms with van der Waals surface area (Å²) in [6.07, 6.45) is 3.64.